The van der Waals surface area contributed by atoms with Gasteiger partial charge in [0.1, 0.15) is 5.52 Å². The van der Waals surface area contributed by atoms with Crippen molar-refractivity contribution in [3.8, 4) is 0 Å². The first-order chi connectivity index (χ1) is 8.34. The molecule has 0 fully saturated rings. The second kappa shape index (κ2) is 4.14. The third kappa shape index (κ3) is 1.87. The maximum atomic E-state index is 5.89. The summed E-state index contributed by atoms with van der Waals surface area (Å²) in [6.45, 7) is 0.753. The van der Waals surface area contributed by atoms with E-state index in [0.717, 1.165) is 29.8 Å². The lowest BCUT2D eigenvalue weighted by Crippen LogP contribution is -2.06. The summed E-state index contributed by atoms with van der Waals surface area (Å²) >= 11 is 1.60. The van der Waals surface area contributed by atoms with Gasteiger partial charge in [0.05, 0.1) is 11.2 Å². The van der Waals surface area contributed by atoms with Crippen molar-refractivity contribution < 1.29 is 0 Å². The third-order valence-corrected chi connectivity index (χ3v) is 3.24. The molecule has 0 aliphatic heterocycles. The molecule has 0 unspecified atom stereocenters. The van der Waals surface area contributed by atoms with Crippen molar-refractivity contribution in [3.63, 3.8) is 0 Å². The number of thiazole rings is 1. The van der Waals surface area contributed by atoms with Crippen LogP contribution in [0.4, 0.5) is 5.95 Å². The lowest BCUT2D eigenvalue weighted by Gasteiger charge is -2.03. The van der Waals surface area contributed by atoms with E-state index in [1.807, 2.05) is 27.6 Å². The average molecular weight is 245 g/mol. The number of fused-ring (bicyclic) bond motifs is 1. The van der Waals surface area contributed by atoms with E-state index >= 15 is 0 Å². The molecule has 0 amide bonds. The Kier molecular flexibility index (Phi) is 2.49. The Bertz CT molecular complexity index is 628. The molecule has 0 aromatic carbocycles. The van der Waals surface area contributed by atoms with E-state index in [2.05, 4.69) is 15.0 Å². The van der Waals surface area contributed by atoms with Gasteiger partial charge in [0.25, 0.3) is 0 Å². The Labute approximate surface area is 102 Å². The lowest BCUT2D eigenvalue weighted by molar-refractivity contribution is 0.710. The van der Waals surface area contributed by atoms with Crippen LogP contribution in [-0.4, -0.2) is 19.5 Å². The zero-order valence-electron chi connectivity index (χ0n) is 9.08. The summed E-state index contributed by atoms with van der Waals surface area (Å²) in [5.41, 5.74) is 10.5. The number of aryl methyl sites for hydroxylation is 2. The van der Waals surface area contributed by atoms with Crippen molar-refractivity contribution in [2.24, 2.45) is 0 Å². The Balaban J connectivity index is 1.92. The molecule has 0 radical (unpaired) electrons. The Morgan fingerprint density at radius 1 is 1.35 bits per heavy atom. The molecule has 0 saturated carbocycles. The van der Waals surface area contributed by atoms with Gasteiger partial charge in [0.2, 0.25) is 5.95 Å². The van der Waals surface area contributed by atoms with Crippen LogP contribution in [0.5, 0.6) is 0 Å². The summed E-state index contributed by atoms with van der Waals surface area (Å²) in [6.07, 6.45) is 2.60. The predicted molar refractivity (Wildman–Crippen MR) is 67.8 cm³/mol. The SMILES string of the molecule is Nc1nc2cccnc2n1CCc1cscn1. The highest BCUT2D eigenvalue weighted by Gasteiger charge is 2.08. The second-order valence-corrected chi connectivity index (χ2v) is 4.42. The predicted octanol–water partition coefficient (Wildman–Crippen LogP) is 1.71. The highest BCUT2D eigenvalue weighted by atomic mass is 32.1. The molecule has 17 heavy (non-hydrogen) atoms. The Hall–Kier alpha value is -1.95. The monoisotopic (exact) mass is 245 g/mol. The fourth-order valence-corrected chi connectivity index (χ4v) is 2.38. The molecule has 0 bridgehead atoms. The Morgan fingerprint density at radius 3 is 3.12 bits per heavy atom. The highest BCUT2D eigenvalue weighted by Crippen LogP contribution is 2.15. The molecule has 2 N–H and O–H groups in total. The normalized spacial score (nSPS) is 11.1. The van der Waals surface area contributed by atoms with Gasteiger partial charge in [0.15, 0.2) is 5.65 Å². The zero-order chi connectivity index (χ0) is 11.7. The van der Waals surface area contributed by atoms with Crippen molar-refractivity contribution in [2.75, 3.05) is 5.73 Å². The molecule has 0 atom stereocenters. The van der Waals surface area contributed by atoms with Gasteiger partial charge >= 0.3 is 0 Å². The molecule has 3 aromatic rings. The van der Waals surface area contributed by atoms with E-state index in [9.17, 15) is 0 Å². The number of rotatable bonds is 3. The minimum atomic E-state index is 0.508. The molecule has 0 aliphatic carbocycles. The Morgan fingerprint density at radius 2 is 2.29 bits per heavy atom. The van der Waals surface area contributed by atoms with E-state index in [-0.39, 0.29) is 0 Å². The topological polar surface area (TPSA) is 69.6 Å². The molecule has 0 saturated heterocycles. The number of hydrogen-bond acceptors (Lipinski definition) is 5. The molecule has 3 heterocycles. The first kappa shape index (κ1) is 10.2. The molecule has 0 aliphatic rings. The van der Waals surface area contributed by atoms with Gasteiger partial charge in [-0.25, -0.2) is 15.0 Å². The van der Waals surface area contributed by atoms with E-state index in [0.29, 0.717) is 5.95 Å². The smallest absolute Gasteiger partial charge is 0.202 e. The molecular weight excluding hydrogens is 234 g/mol. The maximum absolute atomic E-state index is 5.89. The van der Waals surface area contributed by atoms with E-state index in [4.69, 9.17) is 5.73 Å². The molecule has 0 spiro atoms. The van der Waals surface area contributed by atoms with Crippen molar-refractivity contribution in [1.82, 2.24) is 19.5 Å². The highest BCUT2D eigenvalue weighted by molar-refractivity contribution is 7.07. The summed E-state index contributed by atoms with van der Waals surface area (Å²) < 4.78 is 1.93. The summed E-state index contributed by atoms with van der Waals surface area (Å²) in [7, 11) is 0. The van der Waals surface area contributed by atoms with Gasteiger partial charge in [-0.05, 0) is 12.1 Å². The average Bonchev–Trinajstić information content (AvgIpc) is 2.93. The number of imidazole rings is 1. The van der Waals surface area contributed by atoms with E-state index in [1.165, 1.54) is 0 Å². The second-order valence-electron chi connectivity index (χ2n) is 3.70. The first-order valence-corrected chi connectivity index (χ1v) is 6.22. The molecular formula is C11H11N5S. The van der Waals surface area contributed by atoms with Crippen LogP contribution in [0.3, 0.4) is 0 Å². The van der Waals surface area contributed by atoms with Crippen molar-refractivity contribution in [1.29, 1.82) is 0 Å². The maximum Gasteiger partial charge on any atom is 0.202 e. The fraction of sp³-hybridized carbons (Fsp3) is 0.182. The van der Waals surface area contributed by atoms with Gasteiger partial charge in [-0.3, -0.25) is 4.57 Å². The number of aromatic nitrogens is 4. The van der Waals surface area contributed by atoms with Gasteiger partial charge in [-0.2, -0.15) is 0 Å². The number of hydrogen-bond donors (Lipinski definition) is 1. The van der Waals surface area contributed by atoms with Crippen LogP contribution in [-0.2, 0) is 13.0 Å². The quantitative estimate of drug-likeness (QED) is 0.762. The minimum Gasteiger partial charge on any atom is -0.369 e. The third-order valence-electron chi connectivity index (χ3n) is 2.61. The van der Waals surface area contributed by atoms with E-state index < -0.39 is 0 Å². The number of nitrogens with zero attached hydrogens (tertiary/aromatic N) is 4. The van der Waals surface area contributed by atoms with Crippen LogP contribution in [0.2, 0.25) is 0 Å². The summed E-state index contributed by atoms with van der Waals surface area (Å²) in [6, 6.07) is 3.78. The molecule has 86 valence electrons. The van der Waals surface area contributed by atoms with E-state index in [1.54, 1.807) is 17.5 Å². The zero-order valence-corrected chi connectivity index (χ0v) is 9.89. The number of nitrogens with two attached hydrogens (primary N) is 1. The first-order valence-electron chi connectivity index (χ1n) is 5.28. The van der Waals surface area contributed by atoms with Crippen molar-refractivity contribution in [2.45, 2.75) is 13.0 Å². The number of pyridine rings is 1. The van der Waals surface area contributed by atoms with Crippen molar-refractivity contribution >= 4 is 28.4 Å². The molecule has 3 aromatic heterocycles. The van der Waals surface area contributed by atoms with Gasteiger partial charge in [-0.15, -0.1) is 11.3 Å². The van der Waals surface area contributed by atoms with Gasteiger partial charge in [0, 0.05) is 24.5 Å². The fourth-order valence-electron chi connectivity index (χ4n) is 1.78. The van der Waals surface area contributed by atoms with Crippen LogP contribution in [0, 0.1) is 0 Å². The standard InChI is InChI=1S/C11H11N5S/c12-11-15-9-2-1-4-13-10(9)16(11)5-3-8-6-17-7-14-8/h1-2,4,6-7H,3,5H2,(H2,12,15). The lowest BCUT2D eigenvalue weighted by atomic mass is 10.3. The summed E-state index contributed by atoms with van der Waals surface area (Å²) in [5, 5.41) is 2.04. The van der Waals surface area contributed by atoms with Gasteiger partial charge in [-0.1, -0.05) is 0 Å². The minimum absolute atomic E-state index is 0.508. The number of anilines is 1. The molecule has 6 heteroatoms. The largest absolute Gasteiger partial charge is 0.369 e. The molecule has 5 nitrogen and oxygen atoms in total. The van der Waals surface area contributed by atoms with Crippen LogP contribution in [0.15, 0.2) is 29.2 Å². The van der Waals surface area contributed by atoms with Crippen molar-refractivity contribution in [3.05, 3.63) is 34.9 Å². The number of nitrogen functional groups attached to an aromatic ring is 1. The van der Waals surface area contributed by atoms with Crippen LogP contribution >= 0.6 is 11.3 Å². The summed E-state index contributed by atoms with van der Waals surface area (Å²) in [4.78, 5) is 12.8. The molecule has 3 rings (SSSR count). The summed E-state index contributed by atoms with van der Waals surface area (Å²) in [5.74, 6) is 0.508. The van der Waals surface area contributed by atoms with Crippen LogP contribution in [0.25, 0.3) is 11.2 Å². The van der Waals surface area contributed by atoms with Gasteiger partial charge < -0.3 is 5.73 Å². The van der Waals surface area contributed by atoms with Crippen LogP contribution in [0.1, 0.15) is 5.69 Å². The van der Waals surface area contributed by atoms with Crippen LogP contribution < -0.4 is 5.73 Å².